The lowest BCUT2D eigenvalue weighted by Crippen LogP contribution is -2.34. The fourth-order valence-electron chi connectivity index (χ4n) is 1.32. The second-order valence-corrected chi connectivity index (χ2v) is 3.34. The normalized spacial score (nSPS) is 10.1. The summed E-state index contributed by atoms with van der Waals surface area (Å²) in [5, 5.41) is 6.67. The van der Waals surface area contributed by atoms with Gasteiger partial charge in [0.05, 0.1) is 12.2 Å². The zero-order valence-corrected chi connectivity index (χ0v) is 9.49. The molecule has 1 rings (SSSR count). The van der Waals surface area contributed by atoms with Crippen molar-refractivity contribution in [2.75, 3.05) is 6.54 Å². The lowest BCUT2D eigenvalue weighted by molar-refractivity contribution is -0.117. The summed E-state index contributed by atoms with van der Waals surface area (Å²) in [6.07, 6.45) is 0.767. The number of hydrogen-bond acceptors (Lipinski definition) is 3. The standard InChI is InChI=1S/C10H16N4O2/c1-3-7-5-8(14(4-2)13-7)10(16)12-6-9(11)15/h5H,3-4,6H2,1-2H3,(H2,11,15)(H,12,16). The van der Waals surface area contributed by atoms with E-state index in [1.807, 2.05) is 13.8 Å². The van der Waals surface area contributed by atoms with Crippen molar-refractivity contribution >= 4 is 11.8 Å². The molecular weight excluding hydrogens is 208 g/mol. The van der Waals surface area contributed by atoms with Crippen LogP contribution in [0.3, 0.4) is 0 Å². The quantitative estimate of drug-likeness (QED) is 0.718. The van der Waals surface area contributed by atoms with E-state index in [2.05, 4.69) is 10.4 Å². The van der Waals surface area contributed by atoms with Crippen molar-refractivity contribution in [3.63, 3.8) is 0 Å². The predicted molar refractivity (Wildman–Crippen MR) is 58.8 cm³/mol. The zero-order valence-electron chi connectivity index (χ0n) is 9.49. The molecule has 0 aliphatic rings. The highest BCUT2D eigenvalue weighted by Gasteiger charge is 2.13. The average Bonchev–Trinajstić information content (AvgIpc) is 2.68. The van der Waals surface area contributed by atoms with Crippen molar-refractivity contribution in [3.8, 4) is 0 Å². The number of carbonyl (C=O) groups is 2. The molecule has 88 valence electrons. The van der Waals surface area contributed by atoms with Gasteiger partial charge in [0, 0.05) is 6.54 Å². The van der Waals surface area contributed by atoms with Gasteiger partial charge in [-0.1, -0.05) is 6.92 Å². The number of aryl methyl sites for hydroxylation is 2. The van der Waals surface area contributed by atoms with Crippen LogP contribution in [0.5, 0.6) is 0 Å². The third kappa shape index (κ3) is 2.82. The number of hydrogen-bond donors (Lipinski definition) is 2. The summed E-state index contributed by atoms with van der Waals surface area (Å²) in [5.41, 5.74) is 6.26. The fraction of sp³-hybridized carbons (Fsp3) is 0.500. The van der Waals surface area contributed by atoms with E-state index in [0.29, 0.717) is 12.2 Å². The van der Waals surface area contributed by atoms with Crippen LogP contribution in [0.1, 0.15) is 30.0 Å². The Morgan fingerprint density at radius 2 is 2.19 bits per heavy atom. The number of amides is 2. The van der Waals surface area contributed by atoms with Gasteiger partial charge in [-0.25, -0.2) is 0 Å². The first kappa shape index (κ1) is 12.2. The van der Waals surface area contributed by atoms with Crippen LogP contribution in [0.15, 0.2) is 6.07 Å². The Kier molecular flexibility index (Phi) is 4.04. The highest BCUT2D eigenvalue weighted by molar-refractivity contribution is 5.94. The van der Waals surface area contributed by atoms with E-state index >= 15 is 0 Å². The minimum atomic E-state index is -0.563. The van der Waals surface area contributed by atoms with Crippen LogP contribution < -0.4 is 11.1 Å². The first-order valence-electron chi connectivity index (χ1n) is 5.21. The van der Waals surface area contributed by atoms with Crippen molar-refractivity contribution in [2.24, 2.45) is 5.73 Å². The molecular formula is C10H16N4O2. The molecule has 3 N–H and O–H groups in total. The number of carbonyl (C=O) groups excluding carboxylic acids is 2. The van der Waals surface area contributed by atoms with Crippen LogP contribution in [-0.2, 0) is 17.8 Å². The summed E-state index contributed by atoms with van der Waals surface area (Å²) in [6.45, 7) is 4.32. The summed E-state index contributed by atoms with van der Waals surface area (Å²) in [4.78, 5) is 22.2. The van der Waals surface area contributed by atoms with Crippen molar-refractivity contribution in [3.05, 3.63) is 17.5 Å². The van der Waals surface area contributed by atoms with E-state index in [0.717, 1.165) is 12.1 Å². The van der Waals surface area contributed by atoms with Gasteiger partial charge >= 0.3 is 0 Å². The van der Waals surface area contributed by atoms with Gasteiger partial charge in [-0.3, -0.25) is 14.3 Å². The van der Waals surface area contributed by atoms with Gasteiger partial charge in [-0.2, -0.15) is 5.10 Å². The summed E-state index contributed by atoms with van der Waals surface area (Å²) in [7, 11) is 0. The van der Waals surface area contributed by atoms with Crippen LogP contribution in [0.4, 0.5) is 0 Å². The predicted octanol–water partition coefficient (Wildman–Crippen LogP) is -0.319. The van der Waals surface area contributed by atoms with Gasteiger partial charge < -0.3 is 11.1 Å². The molecule has 0 spiro atoms. The zero-order chi connectivity index (χ0) is 12.1. The van der Waals surface area contributed by atoms with Crippen LogP contribution in [0.2, 0.25) is 0 Å². The number of aromatic nitrogens is 2. The third-order valence-electron chi connectivity index (χ3n) is 2.15. The summed E-state index contributed by atoms with van der Waals surface area (Å²) in [6, 6.07) is 1.72. The molecule has 0 atom stereocenters. The Bertz CT molecular complexity index is 398. The SMILES string of the molecule is CCc1cc(C(=O)NCC(N)=O)n(CC)n1. The molecule has 0 saturated heterocycles. The smallest absolute Gasteiger partial charge is 0.269 e. The molecule has 1 aromatic rings. The second kappa shape index (κ2) is 5.29. The second-order valence-electron chi connectivity index (χ2n) is 3.34. The maximum Gasteiger partial charge on any atom is 0.269 e. The molecule has 1 heterocycles. The molecule has 0 aliphatic carbocycles. The molecule has 6 nitrogen and oxygen atoms in total. The molecule has 0 saturated carbocycles. The Hall–Kier alpha value is -1.85. The van der Waals surface area contributed by atoms with Gasteiger partial charge in [0.25, 0.3) is 5.91 Å². The lowest BCUT2D eigenvalue weighted by atomic mass is 10.3. The first-order valence-corrected chi connectivity index (χ1v) is 5.21. The average molecular weight is 224 g/mol. The van der Waals surface area contributed by atoms with Crippen molar-refractivity contribution in [1.29, 1.82) is 0 Å². The fourth-order valence-corrected chi connectivity index (χ4v) is 1.32. The van der Waals surface area contributed by atoms with Crippen LogP contribution >= 0.6 is 0 Å². The molecule has 0 aliphatic heterocycles. The maximum absolute atomic E-state index is 11.7. The maximum atomic E-state index is 11.7. The Morgan fingerprint density at radius 1 is 1.50 bits per heavy atom. The Labute approximate surface area is 93.8 Å². The summed E-state index contributed by atoms with van der Waals surface area (Å²) < 4.78 is 1.61. The molecule has 0 aromatic carbocycles. The largest absolute Gasteiger partial charge is 0.368 e. The minimum absolute atomic E-state index is 0.158. The number of rotatable bonds is 5. The minimum Gasteiger partial charge on any atom is -0.368 e. The van der Waals surface area contributed by atoms with Crippen LogP contribution in [0.25, 0.3) is 0 Å². The van der Waals surface area contributed by atoms with Gasteiger partial charge in [-0.05, 0) is 19.4 Å². The molecule has 1 aromatic heterocycles. The van der Waals surface area contributed by atoms with Gasteiger partial charge in [0.15, 0.2) is 0 Å². The van der Waals surface area contributed by atoms with Crippen molar-refractivity contribution < 1.29 is 9.59 Å². The van der Waals surface area contributed by atoms with Gasteiger partial charge in [-0.15, -0.1) is 0 Å². The number of primary amides is 1. The topological polar surface area (TPSA) is 90.0 Å². The molecule has 16 heavy (non-hydrogen) atoms. The summed E-state index contributed by atoms with van der Waals surface area (Å²) >= 11 is 0. The first-order chi connectivity index (χ1) is 7.58. The van der Waals surface area contributed by atoms with E-state index in [1.54, 1.807) is 10.7 Å². The van der Waals surface area contributed by atoms with Crippen molar-refractivity contribution in [2.45, 2.75) is 26.8 Å². The lowest BCUT2D eigenvalue weighted by Gasteiger charge is -2.04. The highest BCUT2D eigenvalue weighted by atomic mass is 16.2. The molecule has 0 bridgehead atoms. The van der Waals surface area contributed by atoms with Gasteiger partial charge in [0.1, 0.15) is 5.69 Å². The Morgan fingerprint density at radius 3 is 2.69 bits per heavy atom. The van der Waals surface area contributed by atoms with E-state index in [1.165, 1.54) is 0 Å². The van der Waals surface area contributed by atoms with E-state index in [9.17, 15) is 9.59 Å². The van der Waals surface area contributed by atoms with E-state index < -0.39 is 5.91 Å². The van der Waals surface area contributed by atoms with Crippen LogP contribution in [-0.4, -0.2) is 28.1 Å². The van der Waals surface area contributed by atoms with E-state index in [4.69, 9.17) is 5.73 Å². The molecule has 0 unspecified atom stereocenters. The van der Waals surface area contributed by atoms with Crippen molar-refractivity contribution in [1.82, 2.24) is 15.1 Å². The van der Waals surface area contributed by atoms with E-state index in [-0.39, 0.29) is 12.5 Å². The number of nitrogens with one attached hydrogen (secondary N) is 1. The van der Waals surface area contributed by atoms with Crippen LogP contribution in [0, 0.1) is 0 Å². The molecule has 0 radical (unpaired) electrons. The molecule has 2 amide bonds. The highest BCUT2D eigenvalue weighted by Crippen LogP contribution is 2.05. The Balaban J connectivity index is 2.80. The van der Waals surface area contributed by atoms with Gasteiger partial charge in [0.2, 0.25) is 5.91 Å². The monoisotopic (exact) mass is 224 g/mol. The number of nitrogens with two attached hydrogens (primary N) is 1. The third-order valence-corrected chi connectivity index (χ3v) is 2.15. The summed E-state index contributed by atoms with van der Waals surface area (Å²) in [5.74, 6) is -0.889. The molecule has 0 fully saturated rings. The number of nitrogens with zero attached hydrogens (tertiary/aromatic N) is 2. The molecule has 6 heteroatoms.